The van der Waals surface area contributed by atoms with Crippen LogP contribution < -0.4 is 5.32 Å². The number of hydrogen-bond acceptors (Lipinski definition) is 2. The lowest BCUT2D eigenvalue weighted by molar-refractivity contribution is 0.332. The van der Waals surface area contributed by atoms with Crippen molar-refractivity contribution in [1.82, 2.24) is 10.2 Å². The monoisotopic (exact) mass is 238 g/mol. The molecule has 1 heterocycles. The molecule has 0 radical (unpaired) electrons. The number of nitrogens with one attached hydrogen (secondary N) is 1. The molecule has 3 atom stereocenters. The van der Waals surface area contributed by atoms with E-state index >= 15 is 0 Å². The van der Waals surface area contributed by atoms with E-state index in [4.69, 9.17) is 0 Å². The second-order valence-electron chi connectivity index (χ2n) is 6.41. The Hall–Kier alpha value is -0.0800. The average Bonchev–Trinajstić information content (AvgIpc) is 2.62. The second kappa shape index (κ2) is 6.75. The molecule has 0 spiro atoms. The quantitative estimate of drug-likeness (QED) is 0.744. The number of rotatable bonds is 2. The van der Waals surface area contributed by atoms with Crippen molar-refractivity contribution < 1.29 is 0 Å². The van der Waals surface area contributed by atoms with Crippen molar-refractivity contribution >= 4 is 0 Å². The fraction of sp³-hybridized carbons (Fsp3) is 1.00. The third-order valence-corrected chi connectivity index (χ3v) is 4.68. The van der Waals surface area contributed by atoms with Gasteiger partial charge >= 0.3 is 0 Å². The summed E-state index contributed by atoms with van der Waals surface area (Å²) in [7, 11) is 2.26. The summed E-state index contributed by atoms with van der Waals surface area (Å²) in [6.07, 6.45) is 11.3. The molecular formula is C15H30N2. The standard InChI is InChI=1S/C15H30N2/c1-13-5-3-6-14(9-8-13)16-15-7-4-11-17(2)12-10-15/h13-16H,3-12H2,1-2H3. The summed E-state index contributed by atoms with van der Waals surface area (Å²) in [6, 6.07) is 1.60. The van der Waals surface area contributed by atoms with Gasteiger partial charge in [0.15, 0.2) is 0 Å². The van der Waals surface area contributed by atoms with Crippen LogP contribution in [0.25, 0.3) is 0 Å². The SMILES string of the molecule is CC1CCCC(NC2CCCN(C)CC2)CC1. The Bertz CT molecular complexity index is 195. The highest BCUT2D eigenvalue weighted by molar-refractivity contribution is 4.80. The predicted octanol–water partition coefficient (Wildman–Crippen LogP) is 3.03. The van der Waals surface area contributed by atoms with Crippen LogP contribution in [0.3, 0.4) is 0 Å². The third-order valence-electron chi connectivity index (χ3n) is 4.68. The lowest BCUT2D eigenvalue weighted by atomic mass is 10.0. The van der Waals surface area contributed by atoms with Crippen LogP contribution in [0.1, 0.15) is 58.3 Å². The maximum absolute atomic E-state index is 3.95. The molecule has 1 N–H and O–H groups in total. The third kappa shape index (κ3) is 4.59. The summed E-state index contributed by atoms with van der Waals surface area (Å²) in [4.78, 5) is 2.48. The molecule has 2 aliphatic rings. The summed E-state index contributed by atoms with van der Waals surface area (Å²) in [5.41, 5.74) is 0. The summed E-state index contributed by atoms with van der Waals surface area (Å²) in [5.74, 6) is 0.960. The second-order valence-corrected chi connectivity index (χ2v) is 6.41. The minimum Gasteiger partial charge on any atom is -0.311 e. The first-order valence-electron chi connectivity index (χ1n) is 7.68. The Morgan fingerprint density at radius 1 is 0.824 bits per heavy atom. The van der Waals surface area contributed by atoms with E-state index in [1.807, 2.05) is 0 Å². The molecular weight excluding hydrogens is 208 g/mol. The van der Waals surface area contributed by atoms with Gasteiger partial charge in [-0.15, -0.1) is 0 Å². The minimum absolute atomic E-state index is 0.790. The molecule has 17 heavy (non-hydrogen) atoms. The molecule has 2 nitrogen and oxygen atoms in total. The Balaban J connectivity index is 1.75. The first-order valence-corrected chi connectivity index (χ1v) is 7.68. The molecule has 1 saturated heterocycles. The van der Waals surface area contributed by atoms with Gasteiger partial charge in [0.25, 0.3) is 0 Å². The molecule has 0 bridgehead atoms. The molecule has 2 rings (SSSR count). The van der Waals surface area contributed by atoms with Crippen molar-refractivity contribution in [2.45, 2.75) is 70.4 Å². The van der Waals surface area contributed by atoms with Crippen LogP contribution in [0.5, 0.6) is 0 Å². The first kappa shape index (κ1) is 13.4. The molecule has 1 aliphatic heterocycles. The van der Waals surface area contributed by atoms with E-state index in [0.29, 0.717) is 0 Å². The van der Waals surface area contributed by atoms with Gasteiger partial charge in [0.1, 0.15) is 0 Å². The van der Waals surface area contributed by atoms with Crippen LogP contribution in [-0.2, 0) is 0 Å². The number of likely N-dealkylation sites (tertiary alicyclic amines) is 1. The number of nitrogens with zero attached hydrogens (tertiary/aromatic N) is 1. The van der Waals surface area contributed by atoms with Gasteiger partial charge in [0.2, 0.25) is 0 Å². The molecule has 0 aromatic heterocycles. The van der Waals surface area contributed by atoms with Crippen molar-refractivity contribution in [2.24, 2.45) is 5.92 Å². The molecule has 2 heteroatoms. The fourth-order valence-electron chi connectivity index (χ4n) is 3.39. The van der Waals surface area contributed by atoms with Gasteiger partial charge in [-0.25, -0.2) is 0 Å². The number of hydrogen-bond donors (Lipinski definition) is 1. The van der Waals surface area contributed by atoms with Crippen molar-refractivity contribution in [3.05, 3.63) is 0 Å². The van der Waals surface area contributed by atoms with E-state index in [2.05, 4.69) is 24.2 Å². The summed E-state index contributed by atoms with van der Waals surface area (Å²) in [5, 5.41) is 3.95. The van der Waals surface area contributed by atoms with Gasteiger partial charge in [0, 0.05) is 12.1 Å². The van der Waals surface area contributed by atoms with E-state index < -0.39 is 0 Å². The van der Waals surface area contributed by atoms with Gasteiger partial charge in [-0.2, -0.15) is 0 Å². The van der Waals surface area contributed by atoms with E-state index in [1.165, 1.54) is 64.5 Å². The molecule has 0 aromatic rings. The van der Waals surface area contributed by atoms with Crippen LogP contribution in [0, 0.1) is 5.92 Å². The zero-order chi connectivity index (χ0) is 12.1. The Morgan fingerprint density at radius 3 is 2.47 bits per heavy atom. The Morgan fingerprint density at radius 2 is 1.59 bits per heavy atom. The Kier molecular flexibility index (Phi) is 5.30. The van der Waals surface area contributed by atoms with Gasteiger partial charge in [-0.1, -0.05) is 19.8 Å². The summed E-state index contributed by atoms with van der Waals surface area (Å²) >= 11 is 0. The van der Waals surface area contributed by atoms with Crippen molar-refractivity contribution in [1.29, 1.82) is 0 Å². The zero-order valence-electron chi connectivity index (χ0n) is 11.8. The van der Waals surface area contributed by atoms with Gasteiger partial charge < -0.3 is 10.2 Å². The van der Waals surface area contributed by atoms with Crippen molar-refractivity contribution in [2.75, 3.05) is 20.1 Å². The van der Waals surface area contributed by atoms with Crippen LogP contribution in [-0.4, -0.2) is 37.1 Å². The molecule has 0 aromatic carbocycles. The molecule has 1 saturated carbocycles. The maximum Gasteiger partial charge on any atom is 0.00823 e. The highest BCUT2D eigenvalue weighted by Crippen LogP contribution is 2.23. The zero-order valence-corrected chi connectivity index (χ0v) is 11.8. The van der Waals surface area contributed by atoms with Crippen molar-refractivity contribution in [3.63, 3.8) is 0 Å². The first-order chi connectivity index (χ1) is 8.24. The predicted molar refractivity (Wildman–Crippen MR) is 74.3 cm³/mol. The molecule has 2 fully saturated rings. The van der Waals surface area contributed by atoms with Crippen LogP contribution >= 0.6 is 0 Å². The molecule has 100 valence electrons. The fourth-order valence-corrected chi connectivity index (χ4v) is 3.39. The lowest BCUT2D eigenvalue weighted by Gasteiger charge is -2.24. The topological polar surface area (TPSA) is 15.3 Å². The molecule has 0 amide bonds. The normalized spacial score (nSPS) is 37.4. The van der Waals surface area contributed by atoms with E-state index in [9.17, 15) is 0 Å². The highest BCUT2D eigenvalue weighted by Gasteiger charge is 2.20. The highest BCUT2D eigenvalue weighted by atomic mass is 15.1. The van der Waals surface area contributed by atoms with Crippen LogP contribution in [0.2, 0.25) is 0 Å². The van der Waals surface area contributed by atoms with Gasteiger partial charge in [-0.05, 0) is 64.6 Å². The smallest absolute Gasteiger partial charge is 0.00823 e. The van der Waals surface area contributed by atoms with Gasteiger partial charge in [-0.3, -0.25) is 0 Å². The van der Waals surface area contributed by atoms with Crippen molar-refractivity contribution in [3.8, 4) is 0 Å². The van der Waals surface area contributed by atoms with E-state index in [-0.39, 0.29) is 0 Å². The molecule has 1 aliphatic carbocycles. The maximum atomic E-state index is 3.95. The van der Waals surface area contributed by atoms with E-state index in [0.717, 1.165) is 18.0 Å². The van der Waals surface area contributed by atoms with Crippen LogP contribution in [0.15, 0.2) is 0 Å². The Labute approximate surface area is 107 Å². The minimum atomic E-state index is 0.790. The summed E-state index contributed by atoms with van der Waals surface area (Å²) < 4.78 is 0. The summed E-state index contributed by atoms with van der Waals surface area (Å²) in [6.45, 7) is 4.99. The average molecular weight is 238 g/mol. The molecule has 3 unspecified atom stereocenters. The van der Waals surface area contributed by atoms with Crippen LogP contribution in [0.4, 0.5) is 0 Å². The van der Waals surface area contributed by atoms with E-state index in [1.54, 1.807) is 0 Å². The lowest BCUT2D eigenvalue weighted by Crippen LogP contribution is -2.38. The van der Waals surface area contributed by atoms with Gasteiger partial charge in [0.05, 0.1) is 0 Å². The largest absolute Gasteiger partial charge is 0.311 e.